The molecule has 0 aliphatic rings. The Balaban J connectivity index is 2.38. The number of thioether (sulfide) groups is 3. The maximum absolute atomic E-state index is 5.87. The van der Waals surface area contributed by atoms with Gasteiger partial charge in [-0.15, -0.1) is 15.0 Å². The van der Waals surface area contributed by atoms with E-state index in [2.05, 4.69) is 35.7 Å². The third-order valence-electron chi connectivity index (χ3n) is 5.99. The van der Waals surface area contributed by atoms with Gasteiger partial charge in [0.1, 0.15) is 0 Å². The number of hydrogen-bond donors (Lipinski definition) is 0. The van der Waals surface area contributed by atoms with E-state index in [1.165, 1.54) is 94.3 Å². The average molecular weight is 604 g/mol. The Hall–Kier alpha value is -0.540. The first kappa shape index (κ1) is 36.5. The minimum absolute atomic E-state index is 0.304. The largest absolute Gasteiger partial charge is 0.463 e. The molecule has 0 amide bonds. The van der Waals surface area contributed by atoms with Crippen molar-refractivity contribution >= 4 is 35.3 Å². The fraction of sp³-hybridized carbons (Fsp3) is 0.900. The van der Waals surface area contributed by atoms with Crippen molar-refractivity contribution in [2.45, 2.75) is 117 Å². The number of hydrogen-bond acceptors (Lipinski definition) is 9. The van der Waals surface area contributed by atoms with E-state index in [1.54, 1.807) is 0 Å². The molecule has 1 rings (SSSR count). The minimum Gasteiger partial charge on any atom is -0.463 e. The van der Waals surface area contributed by atoms with Gasteiger partial charge in [0.15, 0.2) is 0 Å². The van der Waals surface area contributed by atoms with Crippen LogP contribution >= 0.6 is 35.3 Å². The maximum Gasteiger partial charge on any atom is 0.325 e. The maximum atomic E-state index is 5.87. The lowest BCUT2D eigenvalue weighted by Gasteiger charge is -2.10. The smallest absolute Gasteiger partial charge is 0.325 e. The van der Waals surface area contributed by atoms with Gasteiger partial charge in [-0.25, -0.2) is 0 Å². The highest BCUT2D eigenvalue weighted by Crippen LogP contribution is 2.17. The molecular formula is C30H57N3O3S3. The van der Waals surface area contributed by atoms with Crippen LogP contribution in [0.1, 0.15) is 117 Å². The number of rotatable bonds is 30. The fourth-order valence-electron chi connectivity index (χ4n) is 3.69. The van der Waals surface area contributed by atoms with Crippen molar-refractivity contribution < 1.29 is 14.2 Å². The third kappa shape index (κ3) is 23.8. The van der Waals surface area contributed by atoms with Crippen molar-refractivity contribution in [1.82, 2.24) is 15.0 Å². The lowest BCUT2D eigenvalue weighted by Crippen LogP contribution is -2.10. The first-order valence-electron chi connectivity index (χ1n) is 15.7. The molecule has 1 aromatic rings. The van der Waals surface area contributed by atoms with E-state index in [1.807, 2.05) is 35.3 Å². The molecule has 0 spiro atoms. The Bertz CT molecular complexity index is 561. The third-order valence-corrected chi connectivity index (χ3v) is 9.46. The SMILES string of the molecule is CCCCCCSCCCOc1nc(OCCCSCCCCCC)nc(OCCCSCCCCCC)n1. The van der Waals surface area contributed by atoms with E-state index in [9.17, 15) is 0 Å². The minimum atomic E-state index is 0.304. The summed E-state index contributed by atoms with van der Waals surface area (Å²) in [5, 5.41) is 0. The second-order valence-corrected chi connectivity index (χ2v) is 13.5. The van der Waals surface area contributed by atoms with Gasteiger partial charge in [0.05, 0.1) is 19.8 Å². The molecule has 0 fully saturated rings. The Morgan fingerprint density at radius 1 is 0.385 bits per heavy atom. The van der Waals surface area contributed by atoms with E-state index in [0.29, 0.717) is 37.9 Å². The van der Waals surface area contributed by atoms with Crippen LogP contribution < -0.4 is 14.2 Å². The zero-order chi connectivity index (χ0) is 28.1. The molecule has 0 atom stereocenters. The highest BCUT2D eigenvalue weighted by Gasteiger charge is 2.10. The molecular weight excluding hydrogens is 547 g/mol. The predicted molar refractivity (Wildman–Crippen MR) is 175 cm³/mol. The van der Waals surface area contributed by atoms with Gasteiger partial charge in [0.25, 0.3) is 0 Å². The first-order valence-corrected chi connectivity index (χ1v) is 19.1. The van der Waals surface area contributed by atoms with Gasteiger partial charge in [-0.3, -0.25) is 0 Å². The van der Waals surface area contributed by atoms with Crippen molar-refractivity contribution in [1.29, 1.82) is 0 Å². The summed E-state index contributed by atoms with van der Waals surface area (Å²) < 4.78 is 17.6. The van der Waals surface area contributed by atoms with Crippen molar-refractivity contribution in [3.63, 3.8) is 0 Å². The van der Waals surface area contributed by atoms with Crippen LogP contribution in [0, 0.1) is 0 Å². The molecule has 39 heavy (non-hydrogen) atoms. The van der Waals surface area contributed by atoms with Crippen LogP contribution in [0.2, 0.25) is 0 Å². The molecule has 0 unspecified atom stereocenters. The number of nitrogens with zero attached hydrogens (tertiary/aromatic N) is 3. The monoisotopic (exact) mass is 603 g/mol. The molecule has 0 radical (unpaired) electrons. The van der Waals surface area contributed by atoms with Crippen LogP contribution in [0.15, 0.2) is 0 Å². The molecule has 9 heteroatoms. The lowest BCUT2D eigenvalue weighted by molar-refractivity contribution is 0.236. The van der Waals surface area contributed by atoms with Crippen molar-refractivity contribution in [2.24, 2.45) is 0 Å². The van der Waals surface area contributed by atoms with E-state index < -0.39 is 0 Å². The molecule has 0 bridgehead atoms. The second-order valence-electron chi connectivity index (χ2n) is 9.81. The molecule has 0 saturated carbocycles. The zero-order valence-corrected chi connectivity index (χ0v) is 27.7. The van der Waals surface area contributed by atoms with Crippen LogP contribution in [0.25, 0.3) is 0 Å². The molecule has 228 valence electrons. The molecule has 1 heterocycles. The van der Waals surface area contributed by atoms with E-state index in [0.717, 1.165) is 36.5 Å². The van der Waals surface area contributed by atoms with Crippen LogP contribution in [-0.4, -0.2) is 69.3 Å². The summed E-state index contributed by atoms with van der Waals surface area (Å²) in [5.74, 6) is 6.98. The highest BCUT2D eigenvalue weighted by molar-refractivity contribution is 7.99. The zero-order valence-electron chi connectivity index (χ0n) is 25.3. The number of unbranched alkanes of at least 4 members (excludes halogenated alkanes) is 9. The summed E-state index contributed by atoms with van der Waals surface area (Å²) in [6, 6.07) is 0.913. The normalized spacial score (nSPS) is 11.2. The average Bonchev–Trinajstić information content (AvgIpc) is 2.94. The molecule has 0 aromatic carbocycles. The van der Waals surface area contributed by atoms with Crippen molar-refractivity contribution in [2.75, 3.05) is 54.3 Å². The van der Waals surface area contributed by atoms with Crippen LogP contribution in [-0.2, 0) is 0 Å². The first-order chi connectivity index (χ1) is 19.3. The van der Waals surface area contributed by atoms with Gasteiger partial charge in [0.2, 0.25) is 0 Å². The molecule has 0 aliphatic heterocycles. The summed E-state index contributed by atoms with van der Waals surface area (Å²) in [7, 11) is 0. The quantitative estimate of drug-likeness (QED) is 0.0801. The highest BCUT2D eigenvalue weighted by atomic mass is 32.2. The van der Waals surface area contributed by atoms with Gasteiger partial charge in [-0.1, -0.05) is 78.6 Å². The van der Waals surface area contributed by atoms with Gasteiger partial charge in [-0.2, -0.15) is 35.3 Å². The van der Waals surface area contributed by atoms with Crippen molar-refractivity contribution in [3.8, 4) is 18.0 Å². The molecule has 0 aliphatic carbocycles. The van der Waals surface area contributed by atoms with Crippen LogP contribution in [0.4, 0.5) is 0 Å². The van der Waals surface area contributed by atoms with Crippen molar-refractivity contribution in [3.05, 3.63) is 0 Å². The van der Waals surface area contributed by atoms with Gasteiger partial charge in [-0.05, 0) is 73.0 Å². The second kappa shape index (κ2) is 29.0. The lowest BCUT2D eigenvalue weighted by atomic mass is 10.2. The van der Waals surface area contributed by atoms with Crippen LogP contribution in [0.3, 0.4) is 0 Å². The fourth-order valence-corrected chi connectivity index (χ4v) is 6.49. The molecule has 0 N–H and O–H groups in total. The topological polar surface area (TPSA) is 66.4 Å². The van der Waals surface area contributed by atoms with E-state index in [4.69, 9.17) is 14.2 Å². The Morgan fingerprint density at radius 2 is 0.667 bits per heavy atom. The summed E-state index contributed by atoms with van der Waals surface area (Å²) >= 11 is 6.01. The Morgan fingerprint density at radius 3 is 0.949 bits per heavy atom. The van der Waals surface area contributed by atoms with Crippen LogP contribution in [0.5, 0.6) is 18.0 Å². The number of aromatic nitrogens is 3. The predicted octanol–water partition coefficient (Wildman–Crippen LogP) is 9.12. The Kier molecular flexibility index (Phi) is 27.1. The summed E-state index contributed by atoms with van der Waals surface area (Å²) in [6.45, 7) is 8.54. The molecule has 0 saturated heterocycles. The molecule has 1 aromatic heterocycles. The summed E-state index contributed by atoms with van der Waals surface area (Å²) in [6.07, 6.45) is 18.8. The summed E-state index contributed by atoms with van der Waals surface area (Å²) in [5.41, 5.74) is 0. The van der Waals surface area contributed by atoms with E-state index >= 15 is 0 Å². The number of ether oxygens (including phenoxy) is 3. The Labute approximate surface area is 253 Å². The van der Waals surface area contributed by atoms with Gasteiger partial charge in [0, 0.05) is 0 Å². The standard InChI is InChI=1S/C30H57N3O3S3/c1-4-7-10-13-22-37-25-16-19-34-28-31-29(35-20-17-26-38-23-14-11-8-5-2)33-30(32-28)36-21-18-27-39-24-15-12-9-6-3/h4-27H2,1-3H3. The van der Waals surface area contributed by atoms with Gasteiger partial charge < -0.3 is 14.2 Å². The summed E-state index contributed by atoms with van der Waals surface area (Å²) in [4.78, 5) is 13.2. The molecule has 6 nitrogen and oxygen atoms in total. The van der Waals surface area contributed by atoms with E-state index in [-0.39, 0.29) is 0 Å². The van der Waals surface area contributed by atoms with Gasteiger partial charge >= 0.3 is 18.0 Å².